The second-order valence-electron chi connectivity index (χ2n) is 16.3. The number of fused-ring (bicyclic) bond motifs is 1. The average molecular weight is 814 g/mol. The zero-order chi connectivity index (χ0) is 42.1. The maximum absolute atomic E-state index is 16.1. The van der Waals surface area contributed by atoms with Gasteiger partial charge in [0, 0.05) is 25.2 Å². The van der Waals surface area contributed by atoms with Crippen LogP contribution in [-0.4, -0.2) is 65.4 Å². The van der Waals surface area contributed by atoms with Crippen molar-refractivity contribution in [2.45, 2.75) is 108 Å². The zero-order valence-corrected chi connectivity index (χ0v) is 35.1. The lowest BCUT2D eigenvalue weighted by Gasteiger charge is -2.39. The third-order valence-electron chi connectivity index (χ3n) is 11.0. The fourth-order valence-electron chi connectivity index (χ4n) is 7.64. The number of likely N-dealkylation sites (tertiary alicyclic amines) is 1. The van der Waals surface area contributed by atoms with Gasteiger partial charge in [-0.3, -0.25) is 18.7 Å². The standard InChI is InChI=1S/C45H52FN3O8S/c1-8-30-18-21-38(37(46)24-30)49-41-28(2)15-22-39(50)29(3)36(40(41)42(51)48(43(49)52)25-32-16-19-33(56-7)20-17-32)14-10-12-31-11-9-13-34(23-31)58(54,55)35-26-47(27-35)44(53)57-45(4,5)6/h9,11,13,16-21,23-24,28,35H,8,10,12,14-15,22,25-27H2,1-7H3/b36-29-. The Bertz CT molecular complexity index is 2490. The molecule has 1 unspecified atom stereocenters. The first-order valence-electron chi connectivity index (χ1n) is 19.8. The molecule has 1 aliphatic heterocycles. The van der Waals surface area contributed by atoms with Gasteiger partial charge in [0.05, 0.1) is 29.8 Å². The number of methoxy groups -OCH3 is 1. The van der Waals surface area contributed by atoms with Crippen LogP contribution in [0.15, 0.2) is 86.8 Å². The number of halogens is 1. The van der Waals surface area contributed by atoms with Gasteiger partial charge in [-0.1, -0.05) is 44.2 Å². The van der Waals surface area contributed by atoms with Crippen LogP contribution in [0.3, 0.4) is 0 Å². The summed E-state index contributed by atoms with van der Waals surface area (Å²) < 4.78 is 56.4. The largest absolute Gasteiger partial charge is 0.497 e. The number of allylic oxidation sites excluding steroid dienone is 2. The Balaban J connectivity index is 1.37. The van der Waals surface area contributed by atoms with Crippen molar-refractivity contribution < 1.29 is 31.9 Å². The lowest BCUT2D eigenvalue weighted by molar-refractivity contribution is -0.115. The van der Waals surface area contributed by atoms with Gasteiger partial charge in [0.2, 0.25) is 0 Å². The van der Waals surface area contributed by atoms with Crippen LogP contribution in [0, 0.1) is 5.82 Å². The number of hydrogen-bond donors (Lipinski definition) is 0. The van der Waals surface area contributed by atoms with Gasteiger partial charge >= 0.3 is 11.8 Å². The predicted octanol–water partition coefficient (Wildman–Crippen LogP) is 7.41. The number of amides is 1. The number of nitrogens with zero attached hydrogens (tertiary/aromatic N) is 3. The molecule has 1 amide bonds. The molecule has 0 radical (unpaired) electrons. The number of ketones is 1. The highest BCUT2D eigenvalue weighted by atomic mass is 32.2. The van der Waals surface area contributed by atoms with Gasteiger partial charge in [0.15, 0.2) is 15.6 Å². The molecule has 58 heavy (non-hydrogen) atoms. The van der Waals surface area contributed by atoms with E-state index in [4.69, 9.17) is 9.47 Å². The van der Waals surface area contributed by atoms with E-state index in [0.717, 1.165) is 15.7 Å². The van der Waals surface area contributed by atoms with E-state index < -0.39 is 49.8 Å². The van der Waals surface area contributed by atoms with Gasteiger partial charge in [0.25, 0.3) is 5.56 Å². The smallest absolute Gasteiger partial charge is 0.410 e. The molecule has 0 spiro atoms. The first-order valence-corrected chi connectivity index (χ1v) is 21.3. The first kappa shape index (κ1) is 42.3. The van der Waals surface area contributed by atoms with E-state index in [1.807, 2.05) is 19.9 Å². The summed E-state index contributed by atoms with van der Waals surface area (Å²) in [6, 6.07) is 18.4. The number of sulfone groups is 1. The first-order chi connectivity index (χ1) is 27.4. The van der Waals surface area contributed by atoms with E-state index in [1.165, 1.54) is 15.5 Å². The summed E-state index contributed by atoms with van der Waals surface area (Å²) in [7, 11) is -2.21. The Kier molecular flexibility index (Phi) is 12.3. The second kappa shape index (κ2) is 16.9. The molecule has 13 heteroatoms. The van der Waals surface area contributed by atoms with Crippen LogP contribution in [0.5, 0.6) is 5.75 Å². The van der Waals surface area contributed by atoms with Crippen molar-refractivity contribution in [1.29, 1.82) is 0 Å². The molecule has 1 aromatic heterocycles. The van der Waals surface area contributed by atoms with E-state index in [1.54, 1.807) is 89.4 Å². The highest BCUT2D eigenvalue weighted by molar-refractivity contribution is 7.92. The lowest BCUT2D eigenvalue weighted by Crippen LogP contribution is -2.57. The van der Waals surface area contributed by atoms with Crippen LogP contribution in [0.4, 0.5) is 9.18 Å². The topological polar surface area (TPSA) is 134 Å². The number of carbonyl (C=O) groups is 2. The monoisotopic (exact) mass is 813 g/mol. The fourth-order valence-corrected chi connectivity index (χ4v) is 9.37. The molecule has 6 rings (SSSR count). The summed E-state index contributed by atoms with van der Waals surface area (Å²) in [4.78, 5) is 57.0. The van der Waals surface area contributed by atoms with E-state index >= 15 is 4.39 Å². The Labute approximate surface area is 339 Å². The summed E-state index contributed by atoms with van der Waals surface area (Å²) in [6.07, 6.45) is 1.69. The minimum absolute atomic E-state index is 0.0244. The number of aromatic nitrogens is 2. The quantitative estimate of drug-likeness (QED) is 0.153. The van der Waals surface area contributed by atoms with Gasteiger partial charge in [-0.25, -0.2) is 22.4 Å². The van der Waals surface area contributed by atoms with Crippen molar-refractivity contribution in [3.8, 4) is 11.4 Å². The molecule has 0 saturated carbocycles. The van der Waals surface area contributed by atoms with Gasteiger partial charge in [-0.2, -0.15) is 0 Å². The van der Waals surface area contributed by atoms with Crippen molar-refractivity contribution in [3.63, 3.8) is 0 Å². The minimum Gasteiger partial charge on any atom is -0.497 e. The molecule has 1 aliphatic carbocycles. The average Bonchev–Trinajstić information content (AvgIpc) is 3.15. The predicted molar refractivity (Wildman–Crippen MR) is 221 cm³/mol. The summed E-state index contributed by atoms with van der Waals surface area (Å²) in [5.74, 6) is -0.559. The molecule has 4 aromatic rings. The van der Waals surface area contributed by atoms with E-state index in [-0.39, 0.29) is 54.4 Å². The second-order valence-corrected chi connectivity index (χ2v) is 18.5. The molecular weight excluding hydrogens is 762 g/mol. The van der Waals surface area contributed by atoms with E-state index in [0.29, 0.717) is 53.8 Å². The van der Waals surface area contributed by atoms with Crippen molar-refractivity contribution in [3.05, 3.63) is 127 Å². The Morgan fingerprint density at radius 1 is 0.931 bits per heavy atom. The molecule has 1 saturated heterocycles. The van der Waals surface area contributed by atoms with Crippen LogP contribution in [0.25, 0.3) is 11.3 Å². The summed E-state index contributed by atoms with van der Waals surface area (Å²) in [5, 5.41) is -0.761. The van der Waals surface area contributed by atoms with Crippen LogP contribution < -0.4 is 16.0 Å². The molecule has 1 atom stereocenters. The maximum atomic E-state index is 16.1. The van der Waals surface area contributed by atoms with E-state index in [9.17, 15) is 27.6 Å². The number of benzene rings is 3. The molecule has 0 bridgehead atoms. The number of ether oxygens (including phenoxy) is 2. The molecule has 3 aromatic carbocycles. The van der Waals surface area contributed by atoms with Crippen molar-refractivity contribution in [2.24, 2.45) is 0 Å². The minimum atomic E-state index is -3.75. The van der Waals surface area contributed by atoms with Crippen LogP contribution in [0.1, 0.15) is 101 Å². The highest BCUT2D eigenvalue weighted by Gasteiger charge is 2.42. The zero-order valence-electron chi connectivity index (χ0n) is 34.3. The highest BCUT2D eigenvalue weighted by Crippen LogP contribution is 2.36. The lowest BCUT2D eigenvalue weighted by atomic mass is 9.83. The third kappa shape index (κ3) is 8.74. The van der Waals surface area contributed by atoms with Gasteiger partial charge in [0.1, 0.15) is 22.4 Å². The maximum Gasteiger partial charge on any atom is 0.410 e. The molecular formula is C45H52FN3O8S. The van der Waals surface area contributed by atoms with Gasteiger partial charge < -0.3 is 14.4 Å². The van der Waals surface area contributed by atoms with Gasteiger partial charge in [-0.15, -0.1) is 0 Å². The number of hydrogen-bond acceptors (Lipinski definition) is 8. The molecule has 308 valence electrons. The van der Waals surface area contributed by atoms with Gasteiger partial charge in [-0.05, 0) is 130 Å². The molecule has 11 nitrogen and oxygen atoms in total. The Hall–Kier alpha value is -5.30. The molecule has 2 heterocycles. The summed E-state index contributed by atoms with van der Waals surface area (Å²) in [5.41, 5.74) is 1.69. The molecule has 1 fully saturated rings. The van der Waals surface area contributed by atoms with Crippen molar-refractivity contribution >= 4 is 27.3 Å². The van der Waals surface area contributed by atoms with Crippen LogP contribution in [0.2, 0.25) is 0 Å². The summed E-state index contributed by atoms with van der Waals surface area (Å²) in [6.45, 7) is 10.7. The van der Waals surface area contributed by atoms with E-state index in [2.05, 4.69) is 0 Å². The fraction of sp³-hybridized carbons (Fsp3) is 0.422. The van der Waals surface area contributed by atoms with Crippen molar-refractivity contribution in [2.75, 3.05) is 20.2 Å². The number of aryl methyl sites for hydroxylation is 2. The molecule has 0 N–H and O–H groups in total. The normalized spacial score (nSPS) is 17.6. The Morgan fingerprint density at radius 2 is 1.62 bits per heavy atom. The van der Waals surface area contributed by atoms with Crippen molar-refractivity contribution in [1.82, 2.24) is 14.0 Å². The number of carbonyl (C=O) groups excluding carboxylic acids is 2. The molecule has 2 aliphatic rings. The number of rotatable bonds is 11. The van der Waals surface area contributed by atoms with Crippen LogP contribution in [-0.2, 0) is 38.8 Å². The third-order valence-corrected chi connectivity index (χ3v) is 13.1. The number of Topliss-reactive ketones (excluding diaryl/α,β-unsaturated/α-hetero) is 1. The SMILES string of the molecule is CCc1ccc(-n2c3c(c(=O)n(Cc4ccc(OC)cc4)c2=O)/C(CCCc2cccc(S(=O)(=O)C4CN(C(=O)OC(C)(C)C)C4)c2)=C(/C)C(=O)CCC3C)c(F)c1. The Morgan fingerprint density at radius 3 is 2.26 bits per heavy atom. The summed E-state index contributed by atoms with van der Waals surface area (Å²) >= 11 is 0. The van der Waals surface area contributed by atoms with Crippen LogP contribution >= 0.6 is 0 Å².